The van der Waals surface area contributed by atoms with Gasteiger partial charge in [-0.15, -0.1) is 10.2 Å². The quantitative estimate of drug-likeness (QED) is 0.653. The van der Waals surface area contributed by atoms with Crippen LogP contribution in [0.25, 0.3) is 0 Å². The Morgan fingerprint density at radius 1 is 1.20 bits per heavy atom. The second kappa shape index (κ2) is 6.28. The van der Waals surface area contributed by atoms with E-state index < -0.39 is 0 Å². The van der Waals surface area contributed by atoms with Crippen molar-refractivity contribution in [2.45, 2.75) is 17.5 Å². The van der Waals surface area contributed by atoms with Crippen molar-refractivity contribution in [3.05, 3.63) is 64.8 Å². The number of nitrogens with zero attached hydrogens (tertiary/aromatic N) is 3. The fourth-order valence-electron chi connectivity index (χ4n) is 1.79. The Hall–Kier alpha value is -1.53. The molecule has 4 nitrogen and oxygen atoms in total. The largest absolute Gasteiger partial charge is 0.467 e. The van der Waals surface area contributed by atoms with Crippen molar-refractivity contribution in [1.29, 1.82) is 0 Å². The summed E-state index contributed by atoms with van der Waals surface area (Å²) in [5, 5.41) is 9.02. The van der Waals surface area contributed by atoms with E-state index in [0.717, 1.165) is 21.1 Å². The molecular formula is C14H12BrN3OS. The topological polar surface area (TPSA) is 43.9 Å². The first-order chi connectivity index (χ1) is 9.83. The molecule has 0 saturated heterocycles. The van der Waals surface area contributed by atoms with Crippen molar-refractivity contribution in [2.75, 3.05) is 0 Å². The molecule has 20 heavy (non-hydrogen) atoms. The average Bonchev–Trinajstić information content (AvgIpc) is 3.10. The zero-order valence-corrected chi connectivity index (χ0v) is 13.0. The van der Waals surface area contributed by atoms with E-state index in [1.54, 1.807) is 24.4 Å². The van der Waals surface area contributed by atoms with Crippen LogP contribution in [-0.2, 0) is 12.3 Å². The summed E-state index contributed by atoms with van der Waals surface area (Å²) in [5.74, 6) is 1.74. The van der Waals surface area contributed by atoms with Gasteiger partial charge in [0.15, 0.2) is 5.16 Å². The first-order valence-corrected chi connectivity index (χ1v) is 7.87. The van der Waals surface area contributed by atoms with Gasteiger partial charge in [-0.05, 0) is 23.8 Å². The number of halogens is 1. The normalized spacial score (nSPS) is 10.8. The predicted octanol–water partition coefficient (Wildman–Crippen LogP) is 3.97. The Bertz CT molecular complexity index is 681. The van der Waals surface area contributed by atoms with Crippen LogP contribution in [0, 0.1) is 0 Å². The molecule has 0 aliphatic carbocycles. The van der Waals surface area contributed by atoms with Crippen molar-refractivity contribution < 1.29 is 4.42 Å². The lowest BCUT2D eigenvalue weighted by Crippen LogP contribution is -1.99. The highest BCUT2D eigenvalue weighted by Gasteiger charge is 2.08. The third-order valence-electron chi connectivity index (χ3n) is 2.80. The second-order valence-corrected chi connectivity index (χ2v) is 6.00. The molecule has 0 unspecified atom stereocenters. The van der Waals surface area contributed by atoms with Crippen molar-refractivity contribution in [3.8, 4) is 0 Å². The first-order valence-electron chi connectivity index (χ1n) is 6.09. The number of thioether (sulfide) groups is 1. The smallest absolute Gasteiger partial charge is 0.191 e. The zero-order valence-electron chi connectivity index (χ0n) is 10.6. The van der Waals surface area contributed by atoms with Crippen LogP contribution in [0.4, 0.5) is 0 Å². The van der Waals surface area contributed by atoms with Gasteiger partial charge in [-0.1, -0.05) is 45.9 Å². The third-order valence-corrected chi connectivity index (χ3v) is 4.60. The van der Waals surface area contributed by atoms with Crippen molar-refractivity contribution in [2.24, 2.45) is 0 Å². The zero-order chi connectivity index (χ0) is 13.8. The molecule has 0 aliphatic rings. The van der Waals surface area contributed by atoms with E-state index in [-0.39, 0.29) is 0 Å². The molecule has 0 N–H and O–H groups in total. The van der Waals surface area contributed by atoms with E-state index >= 15 is 0 Å². The lowest BCUT2D eigenvalue weighted by Gasteiger charge is -2.05. The van der Waals surface area contributed by atoms with Gasteiger partial charge in [-0.2, -0.15) is 0 Å². The Morgan fingerprint density at radius 3 is 2.90 bits per heavy atom. The summed E-state index contributed by atoms with van der Waals surface area (Å²) in [6.07, 6.45) is 3.40. The molecule has 0 spiro atoms. The molecule has 0 bridgehead atoms. The molecule has 0 saturated carbocycles. The number of hydrogen-bond acceptors (Lipinski definition) is 4. The van der Waals surface area contributed by atoms with Crippen LogP contribution in [0.15, 0.2) is 63.0 Å². The summed E-state index contributed by atoms with van der Waals surface area (Å²) in [4.78, 5) is 0. The highest BCUT2D eigenvalue weighted by atomic mass is 79.9. The minimum absolute atomic E-state index is 0.651. The predicted molar refractivity (Wildman–Crippen MR) is 81.5 cm³/mol. The number of furan rings is 1. The standard InChI is InChI=1S/C14H12BrN3OS/c15-13-6-2-1-4-11(13)9-20-14-17-16-10-18(14)8-12-5-3-7-19-12/h1-7,10H,8-9H2. The molecular weight excluding hydrogens is 338 g/mol. The summed E-state index contributed by atoms with van der Waals surface area (Å²) in [6.45, 7) is 0.651. The molecule has 0 amide bonds. The highest BCUT2D eigenvalue weighted by Crippen LogP contribution is 2.25. The van der Waals surface area contributed by atoms with Crippen LogP contribution in [-0.4, -0.2) is 14.8 Å². The maximum absolute atomic E-state index is 5.35. The van der Waals surface area contributed by atoms with E-state index in [1.165, 1.54) is 5.56 Å². The summed E-state index contributed by atoms with van der Waals surface area (Å²) in [5.41, 5.74) is 1.24. The van der Waals surface area contributed by atoms with Gasteiger partial charge in [0, 0.05) is 10.2 Å². The molecule has 102 valence electrons. The molecule has 2 heterocycles. The Morgan fingerprint density at radius 2 is 2.10 bits per heavy atom. The number of aromatic nitrogens is 3. The van der Waals surface area contributed by atoms with Crippen LogP contribution in [0.3, 0.4) is 0 Å². The molecule has 3 aromatic rings. The van der Waals surface area contributed by atoms with Gasteiger partial charge in [-0.25, -0.2) is 0 Å². The van der Waals surface area contributed by atoms with Crippen LogP contribution in [0.5, 0.6) is 0 Å². The van der Waals surface area contributed by atoms with Gasteiger partial charge in [0.1, 0.15) is 12.1 Å². The number of hydrogen-bond donors (Lipinski definition) is 0. The van der Waals surface area contributed by atoms with E-state index in [0.29, 0.717) is 6.54 Å². The van der Waals surface area contributed by atoms with Gasteiger partial charge in [0.05, 0.1) is 12.8 Å². The lowest BCUT2D eigenvalue weighted by molar-refractivity contribution is 0.484. The molecule has 0 atom stereocenters. The first kappa shape index (κ1) is 13.5. The van der Waals surface area contributed by atoms with Crippen molar-refractivity contribution in [3.63, 3.8) is 0 Å². The lowest BCUT2D eigenvalue weighted by atomic mass is 10.2. The van der Waals surface area contributed by atoms with Crippen LogP contribution >= 0.6 is 27.7 Å². The van der Waals surface area contributed by atoms with Crippen molar-refractivity contribution in [1.82, 2.24) is 14.8 Å². The Balaban J connectivity index is 1.69. The monoisotopic (exact) mass is 349 g/mol. The van der Waals surface area contributed by atoms with Gasteiger partial charge in [-0.3, -0.25) is 0 Å². The number of rotatable bonds is 5. The fourth-order valence-corrected chi connectivity index (χ4v) is 3.32. The maximum atomic E-state index is 5.35. The van der Waals surface area contributed by atoms with Crippen LogP contribution in [0.2, 0.25) is 0 Å². The van der Waals surface area contributed by atoms with Gasteiger partial charge in [0.2, 0.25) is 0 Å². The Kier molecular flexibility index (Phi) is 4.22. The van der Waals surface area contributed by atoms with Crippen molar-refractivity contribution >= 4 is 27.7 Å². The van der Waals surface area contributed by atoms with Gasteiger partial charge >= 0.3 is 0 Å². The minimum Gasteiger partial charge on any atom is -0.467 e. The minimum atomic E-state index is 0.651. The average molecular weight is 350 g/mol. The SMILES string of the molecule is Brc1ccccc1CSc1nncn1Cc1ccco1. The molecule has 2 aromatic heterocycles. The van der Waals surface area contributed by atoms with Gasteiger partial charge in [0.25, 0.3) is 0 Å². The Labute approximate surface area is 129 Å². The van der Waals surface area contributed by atoms with Gasteiger partial charge < -0.3 is 8.98 Å². The molecule has 0 aliphatic heterocycles. The second-order valence-electron chi connectivity index (χ2n) is 4.20. The summed E-state index contributed by atoms with van der Waals surface area (Å²) in [7, 11) is 0. The van der Waals surface area contributed by atoms with Crippen LogP contribution in [0.1, 0.15) is 11.3 Å². The van der Waals surface area contributed by atoms with E-state index in [9.17, 15) is 0 Å². The summed E-state index contributed by atoms with van der Waals surface area (Å²) in [6, 6.07) is 12.0. The highest BCUT2D eigenvalue weighted by molar-refractivity contribution is 9.10. The summed E-state index contributed by atoms with van der Waals surface area (Å²) < 4.78 is 8.45. The molecule has 0 fully saturated rings. The molecule has 1 aromatic carbocycles. The van der Waals surface area contributed by atoms with Crippen LogP contribution < -0.4 is 0 Å². The summed E-state index contributed by atoms with van der Waals surface area (Å²) >= 11 is 5.22. The molecule has 0 radical (unpaired) electrons. The van der Waals surface area contributed by atoms with E-state index in [1.807, 2.05) is 34.9 Å². The molecule has 6 heteroatoms. The third kappa shape index (κ3) is 3.13. The van der Waals surface area contributed by atoms with E-state index in [2.05, 4.69) is 32.2 Å². The molecule has 3 rings (SSSR count). The van der Waals surface area contributed by atoms with E-state index in [4.69, 9.17) is 4.42 Å². The number of benzene rings is 1. The maximum Gasteiger partial charge on any atom is 0.191 e. The fraction of sp³-hybridized carbons (Fsp3) is 0.143.